The Morgan fingerprint density at radius 1 is 1.53 bits per heavy atom. The van der Waals surface area contributed by atoms with Crippen molar-refractivity contribution in [2.75, 3.05) is 24.5 Å². The number of aliphatic carboxylic acids is 1. The fraction of sp³-hybridized carbons (Fsp3) is 0.417. The summed E-state index contributed by atoms with van der Waals surface area (Å²) in [6.07, 6.45) is 0. The van der Waals surface area contributed by atoms with Gasteiger partial charge in [-0.25, -0.2) is 9.31 Å². The van der Waals surface area contributed by atoms with Gasteiger partial charge < -0.3 is 15.3 Å². The van der Waals surface area contributed by atoms with Gasteiger partial charge in [-0.05, 0) is 19.1 Å². The fourth-order valence-electron chi connectivity index (χ4n) is 2.31. The van der Waals surface area contributed by atoms with Gasteiger partial charge in [0, 0.05) is 25.3 Å². The number of hydrogen-bond acceptors (Lipinski definition) is 5. The van der Waals surface area contributed by atoms with E-state index in [0.29, 0.717) is 19.0 Å². The van der Waals surface area contributed by atoms with Gasteiger partial charge in [-0.3, -0.25) is 0 Å². The van der Waals surface area contributed by atoms with Crippen molar-refractivity contribution in [2.45, 2.75) is 13.0 Å². The van der Waals surface area contributed by atoms with Crippen LogP contribution in [-0.4, -0.2) is 51.4 Å². The van der Waals surface area contributed by atoms with Gasteiger partial charge in [0.2, 0.25) is 5.95 Å². The summed E-state index contributed by atoms with van der Waals surface area (Å²) in [5.41, 5.74) is 1.70. The van der Waals surface area contributed by atoms with Gasteiger partial charge in [0.1, 0.15) is 6.04 Å². The molecule has 1 aliphatic rings. The van der Waals surface area contributed by atoms with Gasteiger partial charge in [0.25, 0.3) is 0 Å². The Labute approximate surface area is 109 Å². The van der Waals surface area contributed by atoms with Crippen LogP contribution in [0.1, 0.15) is 5.69 Å². The van der Waals surface area contributed by atoms with Crippen LogP contribution in [0.4, 0.5) is 5.95 Å². The summed E-state index contributed by atoms with van der Waals surface area (Å²) in [5, 5.41) is 16.7. The molecule has 0 amide bonds. The summed E-state index contributed by atoms with van der Waals surface area (Å²) < 4.78 is 1.73. The lowest BCUT2D eigenvalue weighted by Crippen LogP contribution is -2.55. The maximum Gasteiger partial charge on any atom is 0.327 e. The number of rotatable bonds is 2. The minimum atomic E-state index is -0.859. The first-order valence-electron chi connectivity index (χ1n) is 6.19. The maximum absolute atomic E-state index is 11.3. The quantitative estimate of drug-likeness (QED) is 0.785. The topological polar surface area (TPSA) is 82.8 Å². The molecule has 7 nitrogen and oxygen atoms in total. The van der Waals surface area contributed by atoms with Crippen LogP contribution in [0.3, 0.4) is 0 Å². The Kier molecular flexibility index (Phi) is 2.83. The Morgan fingerprint density at radius 3 is 3.11 bits per heavy atom. The number of carboxylic acid groups (broad SMARTS) is 1. The van der Waals surface area contributed by atoms with Gasteiger partial charge >= 0.3 is 5.97 Å². The molecule has 3 heterocycles. The van der Waals surface area contributed by atoms with Gasteiger partial charge in [0.15, 0.2) is 5.65 Å². The highest BCUT2D eigenvalue weighted by molar-refractivity contribution is 5.78. The molecule has 100 valence electrons. The largest absolute Gasteiger partial charge is 0.480 e. The van der Waals surface area contributed by atoms with Crippen LogP contribution >= 0.6 is 0 Å². The number of anilines is 1. The van der Waals surface area contributed by atoms with Gasteiger partial charge in [-0.2, -0.15) is 4.98 Å². The standard InChI is InChI=1S/C12H15N5O2/c1-8-3-2-4-10-14-12(15-17(8)10)16-6-5-13-7-9(16)11(18)19/h2-4,9,13H,5-7H2,1H3,(H,18,19). The summed E-state index contributed by atoms with van der Waals surface area (Å²) in [6.45, 7) is 3.67. The second kappa shape index (κ2) is 4.51. The third-order valence-corrected chi connectivity index (χ3v) is 3.32. The second-order valence-electron chi connectivity index (χ2n) is 4.60. The summed E-state index contributed by atoms with van der Waals surface area (Å²) in [6, 6.07) is 5.10. The highest BCUT2D eigenvalue weighted by atomic mass is 16.4. The zero-order valence-electron chi connectivity index (χ0n) is 10.6. The Bertz CT molecular complexity index is 624. The second-order valence-corrected chi connectivity index (χ2v) is 4.60. The van der Waals surface area contributed by atoms with Crippen molar-refractivity contribution in [3.05, 3.63) is 23.9 Å². The average molecular weight is 261 g/mol. The van der Waals surface area contributed by atoms with Crippen LogP contribution in [0.15, 0.2) is 18.2 Å². The minimum Gasteiger partial charge on any atom is -0.480 e. The normalized spacial score (nSPS) is 19.8. The first-order chi connectivity index (χ1) is 9.16. The van der Waals surface area contributed by atoms with E-state index in [1.165, 1.54) is 0 Å². The third kappa shape index (κ3) is 2.01. The van der Waals surface area contributed by atoms with Gasteiger partial charge in [-0.1, -0.05) is 6.07 Å². The predicted octanol–water partition coefficient (Wildman–Crippen LogP) is -0.0995. The van der Waals surface area contributed by atoms with Crippen molar-refractivity contribution in [3.8, 4) is 0 Å². The molecule has 1 unspecified atom stereocenters. The Balaban J connectivity index is 2.02. The lowest BCUT2D eigenvalue weighted by atomic mass is 10.2. The fourth-order valence-corrected chi connectivity index (χ4v) is 2.31. The van der Waals surface area contributed by atoms with E-state index in [9.17, 15) is 9.90 Å². The number of carboxylic acids is 1. The van der Waals surface area contributed by atoms with E-state index in [1.807, 2.05) is 25.1 Å². The van der Waals surface area contributed by atoms with E-state index in [0.717, 1.165) is 17.9 Å². The first kappa shape index (κ1) is 11.9. The summed E-state index contributed by atoms with van der Waals surface area (Å²) in [7, 11) is 0. The van der Waals surface area contributed by atoms with E-state index < -0.39 is 12.0 Å². The molecule has 3 rings (SSSR count). The molecule has 0 radical (unpaired) electrons. The monoisotopic (exact) mass is 261 g/mol. The van der Waals surface area contributed by atoms with Crippen LogP contribution < -0.4 is 10.2 Å². The van der Waals surface area contributed by atoms with Crippen LogP contribution in [0.2, 0.25) is 0 Å². The average Bonchev–Trinajstić information content (AvgIpc) is 2.84. The van der Waals surface area contributed by atoms with Crippen molar-refractivity contribution in [3.63, 3.8) is 0 Å². The Hall–Kier alpha value is -2.15. The van der Waals surface area contributed by atoms with Gasteiger partial charge in [0.05, 0.1) is 0 Å². The molecule has 0 spiro atoms. The van der Waals surface area contributed by atoms with E-state index in [4.69, 9.17) is 0 Å². The molecule has 1 fully saturated rings. The highest BCUT2D eigenvalue weighted by Crippen LogP contribution is 2.16. The van der Waals surface area contributed by atoms with Crippen molar-refractivity contribution in [1.29, 1.82) is 0 Å². The number of pyridine rings is 1. The number of carbonyl (C=O) groups is 1. The summed E-state index contributed by atoms with van der Waals surface area (Å²) >= 11 is 0. The molecule has 2 aromatic heterocycles. The number of hydrogen-bond donors (Lipinski definition) is 2. The zero-order valence-corrected chi connectivity index (χ0v) is 10.6. The molecule has 0 bridgehead atoms. The molecule has 0 aliphatic carbocycles. The maximum atomic E-state index is 11.3. The lowest BCUT2D eigenvalue weighted by molar-refractivity contribution is -0.138. The number of nitrogens with zero attached hydrogens (tertiary/aromatic N) is 4. The molecule has 1 atom stereocenters. The molecule has 2 N–H and O–H groups in total. The van der Waals surface area contributed by atoms with E-state index in [2.05, 4.69) is 15.4 Å². The van der Waals surface area contributed by atoms with E-state index >= 15 is 0 Å². The van der Waals surface area contributed by atoms with Crippen molar-refractivity contribution in [1.82, 2.24) is 19.9 Å². The molecule has 0 saturated carbocycles. The summed E-state index contributed by atoms with van der Waals surface area (Å²) in [4.78, 5) is 17.4. The number of nitrogens with one attached hydrogen (secondary N) is 1. The molecule has 0 aromatic carbocycles. The predicted molar refractivity (Wildman–Crippen MR) is 69.4 cm³/mol. The van der Waals surface area contributed by atoms with E-state index in [-0.39, 0.29) is 0 Å². The molecule has 7 heteroatoms. The molecular weight excluding hydrogens is 246 g/mol. The molecule has 1 aliphatic heterocycles. The first-order valence-corrected chi connectivity index (χ1v) is 6.19. The minimum absolute atomic E-state index is 0.407. The van der Waals surface area contributed by atoms with Crippen molar-refractivity contribution >= 4 is 17.6 Å². The van der Waals surface area contributed by atoms with Crippen LogP contribution in [0, 0.1) is 6.92 Å². The lowest BCUT2D eigenvalue weighted by Gasteiger charge is -2.32. The number of aryl methyl sites for hydroxylation is 1. The molecule has 1 saturated heterocycles. The number of aromatic nitrogens is 3. The van der Waals surface area contributed by atoms with E-state index in [1.54, 1.807) is 9.42 Å². The number of fused-ring (bicyclic) bond motifs is 1. The molecule has 19 heavy (non-hydrogen) atoms. The summed E-state index contributed by atoms with van der Waals surface area (Å²) in [5.74, 6) is -0.383. The van der Waals surface area contributed by atoms with Gasteiger partial charge in [-0.15, -0.1) is 5.10 Å². The van der Waals surface area contributed by atoms with Crippen LogP contribution in [-0.2, 0) is 4.79 Å². The van der Waals surface area contributed by atoms with Crippen molar-refractivity contribution < 1.29 is 9.90 Å². The number of piperazine rings is 1. The van der Waals surface area contributed by atoms with Crippen LogP contribution in [0.25, 0.3) is 5.65 Å². The Morgan fingerprint density at radius 2 is 2.37 bits per heavy atom. The zero-order chi connectivity index (χ0) is 13.4. The molecule has 2 aromatic rings. The SMILES string of the molecule is Cc1cccc2nc(N3CCNCC3C(=O)O)nn12. The molecular formula is C12H15N5O2. The van der Waals surface area contributed by atoms with Crippen molar-refractivity contribution in [2.24, 2.45) is 0 Å². The highest BCUT2D eigenvalue weighted by Gasteiger charge is 2.30. The van der Waals surface area contributed by atoms with Crippen LogP contribution in [0.5, 0.6) is 0 Å². The smallest absolute Gasteiger partial charge is 0.327 e. The third-order valence-electron chi connectivity index (χ3n) is 3.32.